The summed E-state index contributed by atoms with van der Waals surface area (Å²) in [4.78, 5) is 13.6. The number of likely N-dealkylation sites (tertiary alicyclic amines) is 1. The summed E-state index contributed by atoms with van der Waals surface area (Å²) in [6.45, 7) is 2.17. The Morgan fingerprint density at radius 2 is 2.15 bits per heavy atom. The Bertz CT molecular complexity index is 631. The van der Waals surface area contributed by atoms with Crippen molar-refractivity contribution in [2.45, 2.75) is 25.0 Å². The van der Waals surface area contributed by atoms with Crippen LogP contribution in [0.1, 0.15) is 28.8 Å². The third kappa shape index (κ3) is 3.16. The highest BCUT2D eigenvalue weighted by molar-refractivity contribution is 7.89. The zero-order valence-corrected chi connectivity index (χ0v) is 12.0. The van der Waals surface area contributed by atoms with E-state index < -0.39 is 27.0 Å². The largest absolute Gasteiger partial charge is 0.337 e. The molecule has 1 fully saturated rings. The minimum atomic E-state index is -3.68. The van der Waals surface area contributed by atoms with Crippen molar-refractivity contribution in [3.8, 4) is 0 Å². The molecule has 2 rings (SSSR count). The van der Waals surface area contributed by atoms with Crippen molar-refractivity contribution in [3.05, 3.63) is 35.1 Å². The van der Waals surface area contributed by atoms with Crippen LogP contribution < -0.4 is 5.14 Å². The van der Waals surface area contributed by atoms with E-state index in [0.29, 0.717) is 19.4 Å². The minimum Gasteiger partial charge on any atom is -0.337 e. The maximum atomic E-state index is 13.8. The fraction of sp³-hybridized carbons (Fsp3) is 0.462. The summed E-state index contributed by atoms with van der Waals surface area (Å²) < 4.78 is 36.5. The topological polar surface area (TPSA) is 80.5 Å². The summed E-state index contributed by atoms with van der Waals surface area (Å²) in [6.07, 6.45) is 0.972. The molecule has 20 heavy (non-hydrogen) atoms. The number of hydrogen-bond acceptors (Lipinski definition) is 3. The minimum absolute atomic E-state index is 0.0188. The molecule has 1 atom stereocenters. The van der Waals surface area contributed by atoms with E-state index in [1.54, 1.807) is 13.0 Å². The third-order valence-electron chi connectivity index (χ3n) is 3.48. The molecule has 1 aliphatic heterocycles. The molecule has 0 saturated carbocycles. The van der Waals surface area contributed by atoms with Gasteiger partial charge in [-0.3, -0.25) is 4.79 Å². The number of benzene rings is 1. The second-order valence-corrected chi connectivity index (χ2v) is 6.93. The highest BCUT2D eigenvalue weighted by atomic mass is 32.2. The molecule has 5 nitrogen and oxygen atoms in total. The van der Waals surface area contributed by atoms with Gasteiger partial charge in [-0.1, -0.05) is 6.07 Å². The predicted molar refractivity (Wildman–Crippen MR) is 73.2 cm³/mol. The first kappa shape index (κ1) is 14.9. The first-order valence-electron chi connectivity index (χ1n) is 6.36. The average Bonchev–Trinajstić information content (AvgIpc) is 2.37. The van der Waals surface area contributed by atoms with Gasteiger partial charge in [0.25, 0.3) is 5.91 Å². The first-order chi connectivity index (χ1) is 9.29. The van der Waals surface area contributed by atoms with Crippen LogP contribution in [0.2, 0.25) is 0 Å². The van der Waals surface area contributed by atoms with Crippen LogP contribution in [-0.4, -0.2) is 37.6 Å². The van der Waals surface area contributed by atoms with Gasteiger partial charge in [0, 0.05) is 13.1 Å². The second-order valence-electron chi connectivity index (χ2n) is 5.09. The number of aryl methyl sites for hydroxylation is 1. The van der Waals surface area contributed by atoms with Crippen LogP contribution in [0.25, 0.3) is 0 Å². The normalized spacial score (nSPS) is 19.9. The van der Waals surface area contributed by atoms with Crippen molar-refractivity contribution in [1.82, 2.24) is 4.90 Å². The molecule has 1 unspecified atom stereocenters. The third-order valence-corrected chi connectivity index (χ3v) is 4.80. The van der Waals surface area contributed by atoms with Crippen molar-refractivity contribution < 1.29 is 17.6 Å². The molecule has 2 N–H and O–H groups in total. The Balaban J connectivity index is 2.21. The van der Waals surface area contributed by atoms with Crippen molar-refractivity contribution in [1.29, 1.82) is 0 Å². The molecule has 1 aliphatic rings. The Hall–Kier alpha value is -1.47. The van der Waals surface area contributed by atoms with Gasteiger partial charge in [-0.15, -0.1) is 0 Å². The van der Waals surface area contributed by atoms with Crippen molar-refractivity contribution >= 4 is 15.9 Å². The second kappa shape index (κ2) is 5.49. The molecule has 1 amide bonds. The lowest BCUT2D eigenvalue weighted by Crippen LogP contribution is -2.47. The molecule has 0 aromatic heterocycles. The molecule has 0 spiro atoms. The summed E-state index contributed by atoms with van der Waals surface area (Å²) in [5.74, 6) is -1.08. The Labute approximate surface area is 117 Å². The molecule has 0 radical (unpaired) electrons. The van der Waals surface area contributed by atoms with Gasteiger partial charge >= 0.3 is 0 Å². The lowest BCUT2D eigenvalue weighted by molar-refractivity contribution is 0.0722. The van der Waals surface area contributed by atoms with E-state index >= 15 is 0 Å². The highest BCUT2D eigenvalue weighted by Crippen LogP contribution is 2.19. The van der Waals surface area contributed by atoms with Crippen LogP contribution in [0.5, 0.6) is 0 Å². The number of sulfonamides is 1. The number of nitrogens with zero attached hydrogens (tertiary/aromatic N) is 1. The van der Waals surface area contributed by atoms with E-state index in [1.807, 2.05) is 0 Å². The number of halogens is 1. The van der Waals surface area contributed by atoms with Gasteiger partial charge in [0.1, 0.15) is 5.82 Å². The number of piperidine rings is 1. The Morgan fingerprint density at radius 1 is 1.45 bits per heavy atom. The molecule has 1 aromatic rings. The van der Waals surface area contributed by atoms with Gasteiger partial charge in [0.15, 0.2) is 0 Å². The van der Waals surface area contributed by atoms with Gasteiger partial charge in [0.05, 0.1) is 10.8 Å². The van der Waals surface area contributed by atoms with Crippen molar-refractivity contribution in [2.75, 3.05) is 13.1 Å². The van der Waals surface area contributed by atoms with Crippen LogP contribution in [-0.2, 0) is 10.0 Å². The van der Waals surface area contributed by atoms with Crippen molar-refractivity contribution in [3.63, 3.8) is 0 Å². The SMILES string of the molecule is Cc1ccc(C(=O)N2CCCC(S(N)(=O)=O)C2)c(F)c1. The van der Waals surface area contributed by atoms with Crippen molar-refractivity contribution in [2.24, 2.45) is 5.14 Å². The molecule has 110 valence electrons. The average molecular weight is 300 g/mol. The van der Waals surface area contributed by atoms with Crippen LogP contribution in [0.3, 0.4) is 0 Å². The number of amides is 1. The van der Waals surface area contributed by atoms with Gasteiger partial charge in [-0.05, 0) is 37.5 Å². The van der Waals surface area contributed by atoms with Crippen LogP contribution >= 0.6 is 0 Å². The van der Waals surface area contributed by atoms with Crippen LogP contribution in [0.15, 0.2) is 18.2 Å². The maximum Gasteiger partial charge on any atom is 0.256 e. The van der Waals surface area contributed by atoms with E-state index in [1.165, 1.54) is 17.0 Å². The molecular weight excluding hydrogens is 283 g/mol. The zero-order chi connectivity index (χ0) is 14.9. The fourth-order valence-corrected chi connectivity index (χ4v) is 3.24. The van der Waals surface area contributed by atoms with Crippen LogP contribution in [0.4, 0.5) is 4.39 Å². The van der Waals surface area contributed by atoms with E-state index in [9.17, 15) is 17.6 Å². The lowest BCUT2D eigenvalue weighted by atomic mass is 10.1. The summed E-state index contributed by atoms with van der Waals surface area (Å²) in [5.41, 5.74) is 0.686. The molecule has 1 aromatic carbocycles. The van der Waals surface area contributed by atoms with E-state index in [4.69, 9.17) is 5.14 Å². The first-order valence-corrected chi connectivity index (χ1v) is 7.97. The Morgan fingerprint density at radius 3 is 2.75 bits per heavy atom. The molecule has 1 saturated heterocycles. The summed E-state index contributed by atoms with van der Waals surface area (Å²) in [7, 11) is -3.68. The summed E-state index contributed by atoms with van der Waals surface area (Å²) >= 11 is 0. The number of primary sulfonamides is 1. The molecule has 0 aliphatic carbocycles. The van der Waals surface area contributed by atoms with Gasteiger partial charge in [-0.25, -0.2) is 17.9 Å². The molecule has 1 heterocycles. The summed E-state index contributed by atoms with van der Waals surface area (Å²) in [6, 6.07) is 4.36. The van der Waals surface area contributed by atoms with E-state index in [-0.39, 0.29) is 12.1 Å². The zero-order valence-electron chi connectivity index (χ0n) is 11.2. The predicted octanol–water partition coefficient (Wildman–Crippen LogP) is 1.03. The number of nitrogens with two attached hydrogens (primary N) is 1. The number of rotatable bonds is 2. The smallest absolute Gasteiger partial charge is 0.256 e. The molecular formula is C13H17FN2O3S. The van der Waals surface area contributed by atoms with Gasteiger partial charge < -0.3 is 4.90 Å². The molecule has 0 bridgehead atoms. The quantitative estimate of drug-likeness (QED) is 0.885. The Kier molecular flexibility index (Phi) is 4.10. The van der Waals surface area contributed by atoms with E-state index in [2.05, 4.69) is 0 Å². The standard InChI is InChI=1S/C13H17FN2O3S/c1-9-4-5-11(12(14)7-9)13(17)16-6-2-3-10(8-16)20(15,18)19/h4-5,7,10H,2-3,6,8H2,1H3,(H2,15,18,19). The highest BCUT2D eigenvalue weighted by Gasteiger charge is 2.31. The van der Waals surface area contributed by atoms with Crippen LogP contribution in [0, 0.1) is 12.7 Å². The van der Waals surface area contributed by atoms with Gasteiger partial charge in [0.2, 0.25) is 10.0 Å². The van der Waals surface area contributed by atoms with Gasteiger partial charge in [-0.2, -0.15) is 0 Å². The summed E-state index contributed by atoms with van der Waals surface area (Å²) in [5, 5.41) is 4.35. The fourth-order valence-electron chi connectivity index (χ4n) is 2.35. The number of hydrogen-bond donors (Lipinski definition) is 1. The molecule has 7 heteroatoms. The monoisotopic (exact) mass is 300 g/mol. The number of carbonyl (C=O) groups excluding carboxylic acids is 1. The maximum absolute atomic E-state index is 13.8. The van der Waals surface area contributed by atoms with E-state index in [0.717, 1.165) is 5.56 Å². The number of carbonyl (C=O) groups is 1. The lowest BCUT2D eigenvalue weighted by Gasteiger charge is -2.31.